The summed E-state index contributed by atoms with van der Waals surface area (Å²) in [4.78, 5) is 11.2. The van der Waals surface area contributed by atoms with Crippen LogP contribution in [0.15, 0.2) is 65.8 Å². The number of hydrogen-bond donors (Lipinski definition) is 2. The van der Waals surface area contributed by atoms with E-state index in [-0.39, 0.29) is 17.9 Å². The van der Waals surface area contributed by atoms with Crippen LogP contribution in [0.3, 0.4) is 0 Å². The summed E-state index contributed by atoms with van der Waals surface area (Å²) < 4.78 is 37.5. The topological polar surface area (TPSA) is 80.2 Å². The Kier molecular flexibility index (Phi) is 6.59. The second-order valence-electron chi connectivity index (χ2n) is 6.16. The molecular formula is C22H18F2N2O4. The fraction of sp³-hybridized carbons (Fsp3) is 0.0909. The smallest absolute Gasteiger partial charge is 0.337 e. The molecule has 30 heavy (non-hydrogen) atoms. The van der Waals surface area contributed by atoms with E-state index < -0.39 is 17.6 Å². The van der Waals surface area contributed by atoms with Gasteiger partial charge in [0.15, 0.2) is 11.6 Å². The van der Waals surface area contributed by atoms with Crippen molar-refractivity contribution >= 4 is 17.9 Å². The first-order valence-electron chi connectivity index (χ1n) is 8.84. The van der Waals surface area contributed by atoms with Gasteiger partial charge in [0.1, 0.15) is 18.2 Å². The van der Waals surface area contributed by atoms with Crippen molar-refractivity contribution in [2.75, 3.05) is 12.5 Å². The molecule has 0 saturated carbocycles. The molecule has 0 aliphatic rings. The zero-order valence-electron chi connectivity index (χ0n) is 15.9. The normalized spacial score (nSPS) is 10.8. The highest BCUT2D eigenvalue weighted by atomic mass is 19.1. The Hall–Kier alpha value is -3.94. The van der Waals surface area contributed by atoms with E-state index in [0.29, 0.717) is 22.6 Å². The van der Waals surface area contributed by atoms with E-state index in [0.717, 1.165) is 12.1 Å². The summed E-state index contributed by atoms with van der Waals surface area (Å²) >= 11 is 0. The highest BCUT2D eigenvalue weighted by Gasteiger charge is 2.10. The summed E-state index contributed by atoms with van der Waals surface area (Å²) in [6, 6.07) is 14.6. The number of hydrazone groups is 1. The van der Waals surface area contributed by atoms with E-state index in [2.05, 4.69) is 10.5 Å². The summed E-state index contributed by atoms with van der Waals surface area (Å²) in [7, 11) is 1.50. The first-order chi connectivity index (χ1) is 14.5. The molecule has 0 amide bonds. The molecule has 0 unspecified atom stereocenters. The van der Waals surface area contributed by atoms with Crippen molar-refractivity contribution in [3.05, 3.63) is 89.0 Å². The average molecular weight is 412 g/mol. The van der Waals surface area contributed by atoms with E-state index in [1.54, 1.807) is 36.4 Å². The fourth-order valence-electron chi connectivity index (χ4n) is 2.68. The lowest BCUT2D eigenvalue weighted by Crippen LogP contribution is -2.03. The number of carboxylic acid groups (broad SMARTS) is 1. The van der Waals surface area contributed by atoms with E-state index in [1.165, 1.54) is 25.5 Å². The predicted octanol–water partition coefficient (Wildman–Crippen LogP) is 4.70. The lowest BCUT2D eigenvalue weighted by Gasteiger charge is -2.12. The first kappa shape index (κ1) is 20.8. The Morgan fingerprint density at radius 3 is 2.60 bits per heavy atom. The highest BCUT2D eigenvalue weighted by Crippen LogP contribution is 2.24. The number of aromatic carboxylic acids is 1. The number of rotatable bonds is 8. The van der Waals surface area contributed by atoms with Gasteiger partial charge in [-0.15, -0.1) is 0 Å². The molecule has 6 nitrogen and oxygen atoms in total. The van der Waals surface area contributed by atoms with Crippen LogP contribution in [0.5, 0.6) is 11.5 Å². The Balaban J connectivity index is 1.74. The minimum Gasteiger partial charge on any atom is -0.496 e. The van der Waals surface area contributed by atoms with E-state index in [4.69, 9.17) is 9.47 Å². The summed E-state index contributed by atoms with van der Waals surface area (Å²) in [6.45, 7) is -0.0112. The van der Waals surface area contributed by atoms with Crippen LogP contribution in [0.1, 0.15) is 21.5 Å². The number of halogens is 2. The van der Waals surface area contributed by atoms with Crippen LogP contribution in [0.2, 0.25) is 0 Å². The number of carbonyl (C=O) groups is 1. The quantitative estimate of drug-likeness (QED) is 0.414. The Bertz CT molecular complexity index is 1090. The van der Waals surface area contributed by atoms with Gasteiger partial charge in [-0.25, -0.2) is 13.6 Å². The first-order valence-corrected chi connectivity index (χ1v) is 8.84. The highest BCUT2D eigenvalue weighted by molar-refractivity contribution is 5.94. The maximum absolute atomic E-state index is 13.8. The molecule has 0 heterocycles. The third kappa shape index (κ3) is 5.11. The maximum atomic E-state index is 13.8. The third-order valence-corrected chi connectivity index (χ3v) is 4.14. The van der Waals surface area contributed by atoms with Crippen molar-refractivity contribution in [3.8, 4) is 11.5 Å². The summed E-state index contributed by atoms with van der Waals surface area (Å²) in [5, 5.41) is 13.3. The van der Waals surface area contributed by atoms with Crippen LogP contribution in [0.25, 0.3) is 0 Å². The van der Waals surface area contributed by atoms with E-state index >= 15 is 0 Å². The number of benzene rings is 3. The Labute approximate surface area is 171 Å². The number of carboxylic acids is 1. The monoisotopic (exact) mass is 412 g/mol. The van der Waals surface area contributed by atoms with Gasteiger partial charge in [-0.1, -0.05) is 12.1 Å². The van der Waals surface area contributed by atoms with Crippen LogP contribution in [0, 0.1) is 11.6 Å². The molecule has 0 radical (unpaired) electrons. The average Bonchev–Trinajstić information content (AvgIpc) is 2.73. The van der Waals surface area contributed by atoms with Crippen LogP contribution in [0.4, 0.5) is 14.5 Å². The van der Waals surface area contributed by atoms with Gasteiger partial charge in [0.25, 0.3) is 0 Å². The molecule has 0 aliphatic heterocycles. The number of nitrogens with zero attached hydrogens (tertiary/aromatic N) is 1. The van der Waals surface area contributed by atoms with Gasteiger partial charge < -0.3 is 14.6 Å². The van der Waals surface area contributed by atoms with E-state index in [1.807, 2.05) is 0 Å². The molecule has 0 aromatic heterocycles. The van der Waals surface area contributed by atoms with E-state index in [9.17, 15) is 18.7 Å². The number of hydrogen-bond acceptors (Lipinski definition) is 5. The number of ether oxygens (including phenoxy) is 2. The second-order valence-corrected chi connectivity index (χ2v) is 6.16. The number of methoxy groups -OCH3 is 1. The van der Waals surface area contributed by atoms with Gasteiger partial charge >= 0.3 is 5.97 Å². The van der Waals surface area contributed by atoms with Crippen molar-refractivity contribution in [3.63, 3.8) is 0 Å². The largest absolute Gasteiger partial charge is 0.496 e. The maximum Gasteiger partial charge on any atom is 0.337 e. The SMILES string of the molecule is COc1ccc(/C=N\Nc2ccccc2C(=O)O)cc1COc1ccc(F)cc1F. The van der Waals surface area contributed by atoms with Gasteiger partial charge in [0.05, 0.1) is 24.6 Å². The van der Waals surface area contributed by atoms with Crippen LogP contribution in [-0.4, -0.2) is 24.4 Å². The number of nitrogens with one attached hydrogen (secondary N) is 1. The Morgan fingerprint density at radius 1 is 1.10 bits per heavy atom. The molecule has 0 fully saturated rings. The molecular weight excluding hydrogens is 394 g/mol. The lowest BCUT2D eigenvalue weighted by molar-refractivity contribution is 0.0698. The fourth-order valence-corrected chi connectivity index (χ4v) is 2.68. The summed E-state index contributed by atoms with van der Waals surface area (Å²) in [6.07, 6.45) is 1.50. The predicted molar refractivity (Wildman–Crippen MR) is 108 cm³/mol. The van der Waals surface area contributed by atoms with Gasteiger partial charge in [-0.05, 0) is 48.0 Å². The minimum absolute atomic E-state index is 0.0112. The lowest BCUT2D eigenvalue weighted by atomic mass is 10.1. The van der Waals surface area contributed by atoms with Crippen LogP contribution < -0.4 is 14.9 Å². The number of para-hydroxylation sites is 1. The van der Waals surface area contributed by atoms with Gasteiger partial charge in [0, 0.05) is 11.6 Å². The molecule has 0 atom stereocenters. The van der Waals surface area contributed by atoms with Crippen molar-refractivity contribution in [1.29, 1.82) is 0 Å². The molecule has 3 aromatic carbocycles. The molecule has 0 aliphatic carbocycles. The molecule has 2 N–H and O–H groups in total. The minimum atomic E-state index is -1.06. The molecule has 0 saturated heterocycles. The van der Waals surface area contributed by atoms with Crippen molar-refractivity contribution in [1.82, 2.24) is 0 Å². The van der Waals surface area contributed by atoms with Crippen molar-refractivity contribution in [2.45, 2.75) is 6.61 Å². The third-order valence-electron chi connectivity index (χ3n) is 4.14. The van der Waals surface area contributed by atoms with Crippen molar-refractivity contribution in [2.24, 2.45) is 5.10 Å². The molecule has 3 rings (SSSR count). The molecule has 0 spiro atoms. The molecule has 154 valence electrons. The van der Waals surface area contributed by atoms with Crippen molar-refractivity contribution < 1.29 is 28.2 Å². The Morgan fingerprint density at radius 2 is 1.87 bits per heavy atom. The van der Waals surface area contributed by atoms with Gasteiger partial charge in [-0.2, -0.15) is 5.10 Å². The molecule has 8 heteroatoms. The van der Waals surface area contributed by atoms with Gasteiger partial charge in [0.2, 0.25) is 0 Å². The molecule has 3 aromatic rings. The summed E-state index contributed by atoms with van der Waals surface area (Å²) in [5.74, 6) is -2.10. The zero-order valence-corrected chi connectivity index (χ0v) is 15.9. The van der Waals surface area contributed by atoms with Crippen LogP contribution >= 0.6 is 0 Å². The zero-order chi connectivity index (χ0) is 21.5. The van der Waals surface area contributed by atoms with Crippen LogP contribution in [-0.2, 0) is 6.61 Å². The second kappa shape index (κ2) is 9.51. The van der Waals surface area contributed by atoms with Gasteiger partial charge in [-0.3, -0.25) is 5.43 Å². The summed E-state index contributed by atoms with van der Waals surface area (Å²) in [5.41, 5.74) is 4.45. The standard InChI is InChI=1S/C22H18F2N2O4/c1-29-20-8-6-14(12-25-26-19-5-3-2-4-17(19)22(27)28)10-15(20)13-30-21-9-7-16(23)11-18(21)24/h2-12,26H,13H2,1H3,(H,27,28)/b25-12-. The number of anilines is 1. The molecule has 0 bridgehead atoms.